The van der Waals surface area contributed by atoms with Gasteiger partial charge in [-0.1, -0.05) is 19.3 Å². The van der Waals surface area contributed by atoms with Crippen molar-refractivity contribution in [3.05, 3.63) is 0 Å². The Morgan fingerprint density at radius 3 is 2.52 bits per heavy atom. The second kappa shape index (κ2) is 10.4. The van der Waals surface area contributed by atoms with Crippen LogP contribution in [0.3, 0.4) is 0 Å². The highest BCUT2D eigenvalue weighted by atomic mass is 127. The lowest BCUT2D eigenvalue weighted by atomic mass is 9.68. The SMILES string of the molecule is CN=C(NCCCCCCC(=O)OC)N1CCC2(CCC2)C1.I. The highest BCUT2D eigenvalue weighted by Crippen LogP contribution is 2.47. The number of carbonyl (C=O) groups excluding carboxylic acids is 1. The van der Waals surface area contributed by atoms with Crippen LogP contribution in [0.2, 0.25) is 0 Å². The summed E-state index contributed by atoms with van der Waals surface area (Å²) in [7, 11) is 3.33. The van der Waals surface area contributed by atoms with Gasteiger partial charge >= 0.3 is 5.97 Å². The third-order valence-electron chi connectivity index (χ3n) is 5.18. The van der Waals surface area contributed by atoms with E-state index in [0.717, 1.165) is 44.7 Å². The maximum atomic E-state index is 11.0. The van der Waals surface area contributed by atoms with Crippen molar-refractivity contribution in [2.24, 2.45) is 10.4 Å². The molecule has 23 heavy (non-hydrogen) atoms. The average molecular weight is 437 g/mol. The van der Waals surface area contributed by atoms with E-state index in [2.05, 4.69) is 19.9 Å². The number of rotatable bonds is 7. The van der Waals surface area contributed by atoms with E-state index >= 15 is 0 Å². The van der Waals surface area contributed by atoms with Crippen molar-refractivity contribution < 1.29 is 9.53 Å². The molecule has 5 nitrogen and oxygen atoms in total. The Labute approximate surface area is 157 Å². The van der Waals surface area contributed by atoms with Crippen molar-refractivity contribution in [2.45, 2.75) is 57.8 Å². The highest BCUT2D eigenvalue weighted by molar-refractivity contribution is 14.0. The molecular weight excluding hydrogens is 405 g/mol. The Hall–Kier alpha value is -0.530. The van der Waals surface area contributed by atoms with Crippen LogP contribution in [0, 0.1) is 5.41 Å². The van der Waals surface area contributed by atoms with Gasteiger partial charge in [-0.15, -0.1) is 24.0 Å². The zero-order valence-electron chi connectivity index (χ0n) is 14.6. The molecule has 0 radical (unpaired) electrons. The molecule has 0 aromatic rings. The molecule has 1 heterocycles. The van der Waals surface area contributed by atoms with Gasteiger partial charge in [0.05, 0.1) is 7.11 Å². The fourth-order valence-corrected chi connectivity index (χ4v) is 3.58. The van der Waals surface area contributed by atoms with E-state index < -0.39 is 0 Å². The van der Waals surface area contributed by atoms with Gasteiger partial charge in [-0.05, 0) is 37.5 Å². The number of carbonyl (C=O) groups is 1. The summed E-state index contributed by atoms with van der Waals surface area (Å²) in [6.07, 6.45) is 10.4. The Bertz CT molecular complexity index is 397. The first-order valence-electron chi connectivity index (χ1n) is 8.71. The molecule has 6 heteroatoms. The summed E-state index contributed by atoms with van der Waals surface area (Å²) in [4.78, 5) is 17.9. The zero-order chi connectivity index (χ0) is 15.8. The van der Waals surface area contributed by atoms with Crippen molar-refractivity contribution in [3.8, 4) is 0 Å². The minimum atomic E-state index is -0.0996. The van der Waals surface area contributed by atoms with Crippen LogP contribution in [-0.2, 0) is 9.53 Å². The Balaban J connectivity index is 0.00000264. The molecule has 0 aromatic carbocycles. The van der Waals surface area contributed by atoms with E-state index in [4.69, 9.17) is 0 Å². The first kappa shape index (κ1) is 20.5. The molecule has 134 valence electrons. The summed E-state index contributed by atoms with van der Waals surface area (Å²) < 4.78 is 4.64. The molecule has 0 unspecified atom stereocenters. The summed E-state index contributed by atoms with van der Waals surface area (Å²) in [5.74, 6) is 0.968. The highest BCUT2D eigenvalue weighted by Gasteiger charge is 2.43. The second-order valence-corrected chi connectivity index (χ2v) is 6.74. The van der Waals surface area contributed by atoms with Gasteiger partial charge in [0.1, 0.15) is 0 Å². The number of methoxy groups -OCH3 is 1. The monoisotopic (exact) mass is 437 g/mol. The van der Waals surface area contributed by atoms with Crippen LogP contribution in [0.4, 0.5) is 0 Å². The van der Waals surface area contributed by atoms with Gasteiger partial charge in [0, 0.05) is 33.1 Å². The topological polar surface area (TPSA) is 53.9 Å². The van der Waals surface area contributed by atoms with Gasteiger partial charge < -0.3 is 15.0 Å². The van der Waals surface area contributed by atoms with Gasteiger partial charge in [0.15, 0.2) is 5.96 Å². The molecule has 0 amide bonds. The molecule has 1 aliphatic heterocycles. The number of halogens is 1. The zero-order valence-corrected chi connectivity index (χ0v) is 16.9. The van der Waals surface area contributed by atoms with Gasteiger partial charge in [0.25, 0.3) is 0 Å². The fourth-order valence-electron chi connectivity index (χ4n) is 3.58. The number of hydrogen-bond acceptors (Lipinski definition) is 3. The van der Waals surface area contributed by atoms with E-state index in [-0.39, 0.29) is 29.9 Å². The summed E-state index contributed by atoms with van der Waals surface area (Å²) in [5.41, 5.74) is 0.617. The predicted octanol–water partition coefficient (Wildman–Crippen LogP) is 3.18. The first-order valence-corrected chi connectivity index (χ1v) is 8.71. The molecular formula is C17H32IN3O2. The minimum Gasteiger partial charge on any atom is -0.469 e. The largest absolute Gasteiger partial charge is 0.469 e. The van der Waals surface area contributed by atoms with Crippen LogP contribution >= 0.6 is 24.0 Å². The molecule has 0 atom stereocenters. The maximum absolute atomic E-state index is 11.0. The summed E-state index contributed by atoms with van der Waals surface area (Å²) >= 11 is 0. The second-order valence-electron chi connectivity index (χ2n) is 6.74. The first-order chi connectivity index (χ1) is 10.7. The Kier molecular flexibility index (Phi) is 9.24. The van der Waals surface area contributed by atoms with Crippen molar-refractivity contribution in [3.63, 3.8) is 0 Å². The molecule has 0 bridgehead atoms. The van der Waals surface area contributed by atoms with Crippen LogP contribution in [0.25, 0.3) is 0 Å². The van der Waals surface area contributed by atoms with E-state index in [1.165, 1.54) is 39.3 Å². The number of nitrogens with zero attached hydrogens (tertiary/aromatic N) is 2. The Morgan fingerprint density at radius 2 is 1.96 bits per heavy atom. The summed E-state index contributed by atoms with van der Waals surface area (Å²) in [5, 5.41) is 3.49. The third kappa shape index (κ3) is 6.12. The number of aliphatic imine (C=N–C) groups is 1. The maximum Gasteiger partial charge on any atom is 0.305 e. The minimum absolute atomic E-state index is 0. The van der Waals surface area contributed by atoms with Gasteiger partial charge in [-0.2, -0.15) is 0 Å². The molecule has 2 aliphatic rings. The number of nitrogens with one attached hydrogen (secondary N) is 1. The van der Waals surface area contributed by atoms with Crippen molar-refractivity contribution >= 4 is 35.9 Å². The van der Waals surface area contributed by atoms with Gasteiger partial charge in [-0.3, -0.25) is 9.79 Å². The number of esters is 1. The molecule has 2 rings (SSSR count). The predicted molar refractivity (Wildman–Crippen MR) is 104 cm³/mol. The lowest BCUT2D eigenvalue weighted by Gasteiger charge is -2.38. The average Bonchev–Trinajstić information content (AvgIpc) is 2.95. The van der Waals surface area contributed by atoms with Crippen LogP contribution < -0.4 is 5.32 Å². The number of ether oxygens (including phenoxy) is 1. The third-order valence-corrected chi connectivity index (χ3v) is 5.18. The quantitative estimate of drug-likeness (QED) is 0.219. The van der Waals surface area contributed by atoms with E-state index in [0.29, 0.717) is 11.8 Å². The molecule has 1 N–H and O–H groups in total. The van der Waals surface area contributed by atoms with E-state index in [1.54, 1.807) is 0 Å². The molecule has 2 fully saturated rings. The molecule has 1 saturated heterocycles. The van der Waals surface area contributed by atoms with Crippen LogP contribution in [0.1, 0.15) is 57.8 Å². The smallest absolute Gasteiger partial charge is 0.305 e. The summed E-state index contributed by atoms with van der Waals surface area (Å²) in [6, 6.07) is 0. The normalized spacial score (nSPS) is 19.2. The summed E-state index contributed by atoms with van der Waals surface area (Å²) in [6.45, 7) is 3.30. The Morgan fingerprint density at radius 1 is 1.22 bits per heavy atom. The molecule has 1 spiro atoms. The van der Waals surface area contributed by atoms with Crippen LogP contribution in [0.15, 0.2) is 4.99 Å². The van der Waals surface area contributed by atoms with Crippen molar-refractivity contribution in [1.82, 2.24) is 10.2 Å². The van der Waals surface area contributed by atoms with E-state index in [9.17, 15) is 4.79 Å². The van der Waals surface area contributed by atoms with Crippen molar-refractivity contribution in [1.29, 1.82) is 0 Å². The number of hydrogen-bond donors (Lipinski definition) is 1. The van der Waals surface area contributed by atoms with Crippen LogP contribution in [-0.4, -0.2) is 50.6 Å². The van der Waals surface area contributed by atoms with Gasteiger partial charge in [0.2, 0.25) is 0 Å². The fraction of sp³-hybridized carbons (Fsp3) is 0.882. The molecule has 1 aliphatic carbocycles. The van der Waals surface area contributed by atoms with E-state index in [1.807, 2.05) is 7.05 Å². The van der Waals surface area contributed by atoms with Crippen LogP contribution in [0.5, 0.6) is 0 Å². The van der Waals surface area contributed by atoms with Gasteiger partial charge in [-0.25, -0.2) is 0 Å². The number of unbranched alkanes of at least 4 members (excludes halogenated alkanes) is 3. The molecule has 1 saturated carbocycles. The van der Waals surface area contributed by atoms with Crippen molar-refractivity contribution in [2.75, 3.05) is 33.8 Å². The lowest BCUT2D eigenvalue weighted by Crippen LogP contribution is -2.42. The number of likely N-dealkylation sites (tertiary alicyclic amines) is 1. The number of guanidine groups is 1. The standard InChI is InChI=1S/C17H31N3O2.HI/c1-18-16(20-13-11-17(14-20)9-7-10-17)19-12-6-4-3-5-8-15(21)22-2;/h3-14H2,1-2H3,(H,18,19);1H. The lowest BCUT2D eigenvalue weighted by molar-refractivity contribution is -0.140. The molecule has 0 aromatic heterocycles.